The standard InChI is InChI=1S/C18H24O/c1-14(2)10-11-18(5,12-16(4)13-19)17-8-6-15(3)7-9-17/h6-10,12-13H,11H2,1-5H3/b16-12+. The summed E-state index contributed by atoms with van der Waals surface area (Å²) in [6.07, 6.45) is 6.14. The van der Waals surface area contributed by atoms with E-state index < -0.39 is 0 Å². The largest absolute Gasteiger partial charge is 0.298 e. The summed E-state index contributed by atoms with van der Waals surface area (Å²) in [5.74, 6) is 0. The van der Waals surface area contributed by atoms with E-state index in [0.29, 0.717) is 0 Å². The first-order valence-corrected chi connectivity index (χ1v) is 6.72. The van der Waals surface area contributed by atoms with Crippen molar-refractivity contribution in [2.75, 3.05) is 0 Å². The van der Waals surface area contributed by atoms with E-state index in [1.54, 1.807) is 0 Å². The lowest BCUT2D eigenvalue weighted by molar-refractivity contribution is -0.104. The summed E-state index contributed by atoms with van der Waals surface area (Å²) in [6, 6.07) is 8.56. The van der Waals surface area contributed by atoms with Gasteiger partial charge < -0.3 is 0 Å². The van der Waals surface area contributed by atoms with Crippen LogP contribution in [0.2, 0.25) is 0 Å². The first kappa shape index (κ1) is 15.4. The van der Waals surface area contributed by atoms with Crippen molar-refractivity contribution < 1.29 is 4.79 Å². The van der Waals surface area contributed by atoms with Crippen molar-refractivity contribution in [3.8, 4) is 0 Å². The van der Waals surface area contributed by atoms with Gasteiger partial charge in [-0.1, -0.05) is 54.5 Å². The van der Waals surface area contributed by atoms with Crippen LogP contribution >= 0.6 is 0 Å². The molecule has 1 aromatic carbocycles. The predicted octanol–water partition coefficient (Wildman–Crippen LogP) is 4.75. The van der Waals surface area contributed by atoms with E-state index in [-0.39, 0.29) is 5.41 Å². The molecule has 0 aliphatic heterocycles. The molecule has 0 heterocycles. The first-order valence-electron chi connectivity index (χ1n) is 6.72. The van der Waals surface area contributed by atoms with Gasteiger partial charge in [0.2, 0.25) is 0 Å². The quantitative estimate of drug-likeness (QED) is 0.422. The Bertz CT molecular complexity index is 487. The van der Waals surface area contributed by atoms with E-state index in [2.05, 4.69) is 64.1 Å². The van der Waals surface area contributed by atoms with Crippen molar-refractivity contribution in [2.45, 2.75) is 46.5 Å². The number of aryl methyl sites for hydroxylation is 1. The van der Waals surface area contributed by atoms with Gasteiger partial charge >= 0.3 is 0 Å². The first-order chi connectivity index (χ1) is 8.87. The van der Waals surface area contributed by atoms with E-state index in [1.165, 1.54) is 16.7 Å². The Hall–Kier alpha value is -1.63. The number of rotatable bonds is 5. The molecule has 1 aromatic rings. The Labute approximate surface area is 117 Å². The summed E-state index contributed by atoms with van der Waals surface area (Å²) in [7, 11) is 0. The molecule has 0 bridgehead atoms. The maximum absolute atomic E-state index is 10.9. The number of hydrogen-bond donors (Lipinski definition) is 0. The van der Waals surface area contributed by atoms with Gasteiger partial charge in [0.1, 0.15) is 6.29 Å². The Kier molecular flexibility index (Phi) is 5.29. The predicted molar refractivity (Wildman–Crippen MR) is 82.4 cm³/mol. The Morgan fingerprint density at radius 1 is 1.16 bits per heavy atom. The summed E-state index contributed by atoms with van der Waals surface area (Å²) in [4.78, 5) is 10.9. The fourth-order valence-electron chi connectivity index (χ4n) is 2.15. The molecule has 0 aliphatic carbocycles. The average Bonchev–Trinajstić information content (AvgIpc) is 2.37. The number of hydrogen-bond acceptors (Lipinski definition) is 1. The molecule has 102 valence electrons. The Morgan fingerprint density at radius 2 is 1.74 bits per heavy atom. The highest BCUT2D eigenvalue weighted by molar-refractivity contribution is 5.72. The second kappa shape index (κ2) is 6.51. The van der Waals surface area contributed by atoms with Crippen molar-refractivity contribution in [2.24, 2.45) is 0 Å². The number of benzene rings is 1. The summed E-state index contributed by atoms with van der Waals surface area (Å²) in [5, 5.41) is 0. The van der Waals surface area contributed by atoms with E-state index in [9.17, 15) is 4.79 Å². The van der Waals surface area contributed by atoms with Crippen LogP contribution in [0.3, 0.4) is 0 Å². The summed E-state index contributed by atoms with van der Waals surface area (Å²) in [5.41, 5.74) is 4.46. The molecule has 19 heavy (non-hydrogen) atoms. The third kappa shape index (κ3) is 4.51. The molecule has 0 spiro atoms. The minimum absolute atomic E-state index is 0.129. The van der Waals surface area contributed by atoms with Crippen LogP contribution in [0.15, 0.2) is 47.6 Å². The molecule has 1 rings (SSSR count). The van der Waals surface area contributed by atoms with Gasteiger partial charge in [0, 0.05) is 5.41 Å². The SMILES string of the molecule is CC(C)=CCC(C)(/C=C(\C)C=O)c1ccc(C)cc1. The third-order valence-corrected chi connectivity index (χ3v) is 3.38. The molecule has 0 aliphatic rings. The van der Waals surface area contributed by atoms with Crippen molar-refractivity contribution in [1.82, 2.24) is 0 Å². The van der Waals surface area contributed by atoms with Gasteiger partial charge in [0.15, 0.2) is 0 Å². The number of allylic oxidation sites excluding steroid dienone is 4. The average molecular weight is 256 g/mol. The van der Waals surface area contributed by atoms with Crippen LogP contribution in [-0.2, 0) is 10.2 Å². The van der Waals surface area contributed by atoms with Gasteiger partial charge in [-0.05, 0) is 45.3 Å². The molecule has 1 heteroatoms. The van der Waals surface area contributed by atoms with Crippen molar-refractivity contribution in [1.29, 1.82) is 0 Å². The van der Waals surface area contributed by atoms with Crippen LogP contribution in [0, 0.1) is 6.92 Å². The van der Waals surface area contributed by atoms with E-state index in [1.807, 2.05) is 6.92 Å². The molecule has 0 radical (unpaired) electrons. The molecule has 1 unspecified atom stereocenters. The second-order valence-electron chi connectivity index (χ2n) is 5.78. The van der Waals surface area contributed by atoms with Gasteiger partial charge in [0.05, 0.1) is 0 Å². The van der Waals surface area contributed by atoms with E-state index in [4.69, 9.17) is 0 Å². The summed E-state index contributed by atoms with van der Waals surface area (Å²) in [6.45, 7) is 10.3. The Balaban J connectivity index is 3.21. The second-order valence-corrected chi connectivity index (χ2v) is 5.78. The van der Waals surface area contributed by atoms with Gasteiger partial charge in [-0.3, -0.25) is 4.79 Å². The van der Waals surface area contributed by atoms with E-state index in [0.717, 1.165) is 18.3 Å². The van der Waals surface area contributed by atoms with Crippen molar-refractivity contribution >= 4 is 6.29 Å². The number of carbonyl (C=O) groups is 1. The maximum Gasteiger partial charge on any atom is 0.145 e. The molecule has 0 amide bonds. The zero-order valence-corrected chi connectivity index (χ0v) is 12.7. The molecule has 1 nitrogen and oxygen atoms in total. The summed E-state index contributed by atoms with van der Waals surface area (Å²) < 4.78 is 0. The van der Waals surface area contributed by atoms with Gasteiger partial charge in [-0.25, -0.2) is 0 Å². The minimum atomic E-state index is -0.129. The van der Waals surface area contributed by atoms with Crippen LogP contribution in [-0.4, -0.2) is 6.29 Å². The topological polar surface area (TPSA) is 17.1 Å². The molecule has 0 saturated heterocycles. The fraction of sp³-hybridized carbons (Fsp3) is 0.389. The normalized spacial score (nSPS) is 14.7. The molecule has 0 N–H and O–H groups in total. The Morgan fingerprint density at radius 3 is 2.21 bits per heavy atom. The number of aldehydes is 1. The number of carbonyl (C=O) groups excluding carboxylic acids is 1. The fourth-order valence-corrected chi connectivity index (χ4v) is 2.15. The lowest BCUT2D eigenvalue weighted by Crippen LogP contribution is -2.19. The van der Waals surface area contributed by atoms with Crippen LogP contribution in [0.4, 0.5) is 0 Å². The van der Waals surface area contributed by atoms with Crippen LogP contribution in [0.25, 0.3) is 0 Å². The highest BCUT2D eigenvalue weighted by Gasteiger charge is 2.23. The summed E-state index contributed by atoms with van der Waals surface area (Å²) >= 11 is 0. The minimum Gasteiger partial charge on any atom is -0.298 e. The van der Waals surface area contributed by atoms with Crippen LogP contribution in [0.1, 0.15) is 45.2 Å². The highest BCUT2D eigenvalue weighted by Crippen LogP contribution is 2.31. The van der Waals surface area contributed by atoms with Crippen molar-refractivity contribution in [3.63, 3.8) is 0 Å². The highest BCUT2D eigenvalue weighted by atomic mass is 16.1. The van der Waals surface area contributed by atoms with Crippen LogP contribution in [0.5, 0.6) is 0 Å². The molecule has 0 fully saturated rings. The van der Waals surface area contributed by atoms with Crippen molar-refractivity contribution in [3.05, 3.63) is 58.7 Å². The maximum atomic E-state index is 10.9. The smallest absolute Gasteiger partial charge is 0.145 e. The van der Waals surface area contributed by atoms with Crippen LogP contribution < -0.4 is 0 Å². The zero-order chi connectivity index (χ0) is 14.5. The molecule has 0 aromatic heterocycles. The third-order valence-electron chi connectivity index (χ3n) is 3.38. The van der Waals surface area contributed by atoms with Gasteiger partial charge in [-0.15, -0.1) is 0 Å². The lowest BCUT2D eigenvalue weighted by atomic mass is 9.77. The van der Waals surface area contributed by atoms with Gasteiger partial charge in [-0.2, -0.15) is 0 Å². The molecule has 0 saturated carbocycles. The van der Waals surface area contributed by atoms with Gasteiger partial charge in [0.25, 0.3) is 0 Å². The van der Waals surface area contributed by atoms with E-state index >= 15 is 0 Å². The molecular formula is C18H24O. The molecule has 1 atom stereocenters. The zero-order valence-electron chi connectivity index (χ0n) is 12.7. The lowest BCUT2D eigenvalue weighted by Gasteiger charge is -2.26. The monoisotopic (exact) mass is 256 g/mol. The molecular weight excluding hydrogens is 232 g/mol.